The van der Waals surface area contributed by atoms with Crippen LogP contribution in [0, 0.1) is 0 Å². The predicted molar refractivity (Wildman–Crippen MR) is 164 cm³/mol. The molecule has 3 fully saturated rings. The lowest BCUT2D eigenvalue weighted by molar-refractivity contribution is -0.00728. The van der Waals surface area contributed by atoms with Gasteiger partial charge in [-0.3, -0.25) is 9.69 Å². The summed E-state index contributed by atoms with van der Waals surface area (Å²) in [5, 5.41) is 15.9. The Kier molecular flexibility index (Phi) is 6.95. The Morgan fingerprint density at radius 3 is 2.38 bits per heavy atom. The number of rotatable bonds is 6. The molecule has 0 radical (unpaired) electrons. The van der Waals surface area contributed by atoms with Crippen molar-refractivity contribution in [1.29, 1.82) is 0 Å². The van der Waals surface area contributed by atoms with Crippen molar-refractivity contribution in [3.8, 4) is 0 Å². The van der Waals surface area contributed by atoms with Gasteiger partial charge in [0.1, 0.15) is 0 Å². The van der Waals surface area contributed by atoms with Gasteiger partial charge in [-0.15, -0.1) is 0 Å². The summed E-state index contributed by atoms with van der Waals surface area (Å²) in [6, 6.07) is 19.9. The highest BCUT2D eigenvalue weighted by atomic mass is 35.5. The van der Waals surface area contributed by atoms with Gasteiger partial charge in [0.05, 0.1) is 17.8 Å². The second-order valence-corrected chi connectivity index (χ2v) is 12.8. The average Bonchev–Trinajstić information content (AvgIpc) is 3.59. The van der Waals surface area contributed by atoms with E-state index in [0.717, 1.165) is 79.4 Å². The lowest BCUT2D eigenvalue weighted by Crippen LogP contribution is -2.68. The van der Waals surface area contributed by atoms with E-state index >= 15 is 0 Å². The van der Waals surface area contributed by atoms with Crippen molar-refractivity contribution in [3.05, 3.63) is 94.4 Å². The van der Waals surface area contributed by atoms with Crippen LogP contribution >= 0.6 is 11.6 Å². The summed E-state index contributed by atoms with van der Waals surface area (Å²) in [4.78, 5) is 24.7. The van der Waals surface area contributed by atoms with Gasteiger partial charge < -0.3 is 14.9 Å². The average molecular weight is 585 g/mol. The number of anilines is 1. The molecule has 3 aliphatic rings. The lowest BCUT2D eigenvalue weighted by Gasteiger charge is -2.51. The minimum Gasteiger partial charge on any atom is -0.395 e. The fourth-order valence-corrected chi connectivity index (χ4v) is 7.31. The van der Waals surface area contributed by atoms with Gasteiger partial charge in [-0.25, -0.2) is 9.50 Å². The molecule has 0 atom stereocenters. The summed E-state index contributed by atoms with van der Waals surface area (Å²) in [7, 11) is 2.18. The molecule has 1 spiro atoms. The molecule has 42 heavy (non-hydrogen) atoms. The summed E-state index contributed by atoms with van der Waals surface area (Å²) in [6.07, 6.45) is 6.62. The Labute approximate surface area is 251 Å². The van der Waals surface area contributed by atoms with Crippen LogP contribution in [0.2, 0.25) is 5.02 Å². The smallest absolute Gasteiger partial charge is 0.253 e. The summed E-state index contributed by atoms with van der Waals surface area (Å²) in [5.74, 6) is 0.865. The number of piperidine rings is 1. The molecule has 5 heterocycles. The standard InChI is InChI=1S/C33H37ClN6O2/c1-37-16-3-13-33(37)21-39(22-33)31(42)25-7-5-24(6-8-25)20-29-35-30-28(4-2-17-40(30)36-29)38-18-14-32(23-41,15-19-38)26-9-11-27(34)12-10-26/h2,4-12,17,41H,3,13-16,18-23H2,1H3. The number of likely N-dealkylation sites (N-methyl/N-ethyl adjacent to an activating group) is 1. The van der Waals surface area contributed by atoms with Gasteiger partial charge in [-0.1, -0.05) is 35.9 Å². The molecule has 3 aliphatic heterocycles. The summed E-state index contributed by atoms with van der Waals surface area (Å²) < 4.78 is 1.86. The first-order chi connectivity index (χ1) is 20.4. The van der Waals surface area contributed by atoms with E-state index in [1.54, 1.807) is 0 Å². The van der Waals surface area contributed by atoms with Crippen LogP contribution in [0.3, 0.4) is 0 Å². The van der Waals surface area contributed by atoms with Crippen molar-refractivity contribution in [2.45, 2.75) is 43.1 Å². The van der Waals surface area contributed by atoms with Gasteiger partial charge in [0.15, 0.2) is 11.5 Å². The van der Waals surface area contributed by atoms with Crippen LogP contribution in [0.5, 0.6) is 0 Å². The van der Waals surface area contributed by atoms with Crippen molar-refractivity contribution >= 4 is 28.8 Å². The first-order valence-corrected chi connectivity index (χ1v) is 15.3. The third-order valence-electron chi connectivity index (χ3n) is 9.97. The molecule has 4 aromatic rings. The topological polar surface area (TPSA) is 77.2 Å². The molecule has 3 saturated heterocycles. The second kappa shape index (κ2) is 10.7. The van der Waals surface area contributed by atoms with Crippen LogP contribution in [0.1, 0.15) is 53.0 Å². The molecule has 1 amide bonds. The number of nitrogens with zero attached hydrogens (tertiary/aromatic N) is 6. The maximum Gasteiger partial charge on any atom is 0.253 e. The van der Waals surface area contributed by atoms with Crippen LogP contribution in [0.15, 0.2) is 66.9 Å². The number of pyridine rings is 1. The Hall–Kier alpha value is -3.46. The van der Waals surface area contributed by atoms with Crippen LogP contribution < -0.4 is 4.90 Å². The van der Waals surface area contributed by atoms with E-state index in [2.05, 4.69) is 22.9 Å². The van der Waals surface area contributed by atoms with Crippen molar-refractivity contribution in [2.75, 3.05) is 51.3 Å². The number of carbonyl (C=O) groups is 1. The predicted octanol–water partition coefficient (Wildman–Crippen LogP) is 4.42. The SMILES string of the molecule is CN1CCCC12CN(C(=O)c1ccc(Cc3nc4c(N5CCC(CO)(c6ccc(Cl)cc6)CC5)cccn4n3)cc1)C2. The quantitative estimate of drug-likeness (QED) is 0.361. The maximum atomic E-state index is 13.1. The molecule has 8 nitrogen and oxygen atoms in total. The number of carbonyl (C=O) groups excluding carboxylic acids is 1. The van der Waals surface area contributed by atoms with Gasteiger partial charge in [0, 0.05) is 54.8 Å². The Morgan fingerprint density at radius 2 is 1.71 bits per heavy atom. The molecule has 0 bridgehead atoms. The van der Waals surface area contributed by atoms with Crippen LogP contribution in [-0.4, -0.2) is 87.3 Å². The number of hydrogen-bond donors (Lipinski definition) is 1. The number of amides is 1. The van der Waals surface area contributed by atoms with Crippen molar-refractivity contribution in [2.24, 2.45) is 0 Å². The number of fused-ring (bicyclic) bond motifs is 1. The zero-order valence-corrected chi connectivity index (χ0v) is 24.8. The van der Waals surface area contributed by atoms with E-state index in [1.165, 1.54) is 12.8 Å². The number of hydrogen-bond acceptors (Lipinski definition) is 6. The zero-order valence-electron chi connectivity index (χ0n) is 24.0. The number of likely N-dealkylation sites (tertiary alicyclic amines) is 2. The van der Waals surface area contributed by atoms with E-state index in [1.807, 2.05) is 70.2 Å². The van der Waals surface area contributed by atoms with Crippen molar-refractivity contribution < 1.29 is 9.90 Å². The van der Waals surface area contributed by atoms with Gasteiger partial charge in [0.25, 0.3) is 5.91 Å². The Morgan fingerprint density at radius 1 is 0.976 bits per heavy atom. The third kappa shape index (κ3) is 4.75. The first-order valence-electron chi connectivity index (χ1n) is 14.9. The van der Waals surface area contributed by atoms with E-state index in [0.29, 0.717) is 11.4 Å². The monoisotopic (exact) mass is 584 g/mol. The summed E-state index contributed by atoms with van der Waals surface area (Å²) >= 11 is 6.11. The summed E-state index contributed by atoms with van der Waals surface area (Å²) in [5.41, 5.74) is 4.79. The fourth-order valence-electron chi connectivity index (χ4n) is 7.19. The van der Waals surface area contributed by atoms with E-state index in [9.17, 15) is 9.90 Å². The van der Waals surface area contributed by atoms with Gasteiger partial charge in [-0.2, -0.15) is 5.10 Å². The molecule has 7 rings (SSSR count). The third-order valence-corrected chi connectivity index (χ3v) is 10.2. The fraction of sp³-hybridized carbons (Fsp3) is 0.424. The number of aliphatic hydroxyl groups excluding tert-OH is 1. The first kappa shape index (κ1) is 27.4. The van der Waals surface area contributed by atoms with Crippen LogP contribution in [0.25, 0.3) is 5.65 Å². The number of benzene rings is 2. The van der Waals surface area contributed by atoms with E-state index in [4.69, 9.17) is 21.7 Å². The molecule has 0 unspecified atom stereocenters. The molecule has 218 valence electrons. The highest BCUT2D eigenvalue weighted by molar-refractivity contribution is 6.30. The Bertz CT molecular complexity index is 1590. The van der Waals surface area contributed by atoms with Crippen LogP contribution in [0.4, 0.5) is 5.69 Å². The maximum absolute atomic E-state index is 13.1. The molecule has 0 aliphatic carbocycles. The molecular formula is C33H37ClN6O2. The molecule has 2 aromatic carbocycles. The Balaban J connectivity index is 1.02. The highest BCUT2D eigenvalue weighted by Gasteiger charge is 2.50. The van der Waals surface area contributed by atoms with Crippen LogP contribution in [-0.2, 0) is 11.8 Å². The minimum atomic E-state index is -0.261. The second-order valence-electron chi connectivity index (χ2n) is 12.4. The van der Waals surface area contributed by atoms with E-state index in [-0.39, 0.29) is 23.5 Å². The largest absolute Gasteiger partial charge is 0.395 e. The molecule has 1 N–H and O–H groups in total. The van der Waals surface area contributed by atoms with Crippen molar-refractivity contribution in [3.63, 3.8) is 0 Å². The molecule has 9 heteroatoms. The lowest BCUT2D eigenvalue weighted by atomic mass is 9.73. The number of halogens is 1. The number of aromatic nitrogens is 3. The highest BCUT2D eigenvalue weighted by Crippen LogP contribution is 2.38. The molecule has 0 saturated carbocycles. The zero-order chi connectivity index (χ0) is 28.9. The normalized spacial score (nSPS) is 19.9. The summed E-state index contributed by atoms with van der Waals surface area (Å²) in [6.45, 7) is 4.53. The number of aliphatic hydroxyl groups is 1. The van der Waals surface area contributed by atoms with Crippen molar-refractivity contribution in [1.82, 2.24) is 24.4 Å². The van der Waals surface area contributed by atoms with Gasteiger partial charge in [0.2, 0.25) is 0 Å². The molecule has 2 aromatic heterocycles. The van der Waals surface area contributed by atoms with Gasteiger partial charge in [-0.05, 0) is 86.8 Å². The molecular weight excluding hydrogens is 548 g/mol. The minimum absolute atomic E-state index is 0.113. The van der Waals surface area contributed by atoms with Gasteiger partial charge >= 0.3 is 0 Å². The van der Waals surface area contributed by atoms with E-state index < -0.39 is 0 Å².